The number of nitrogens with two attached hydrogens (primary N) is 1. The predicted molar refractivity (Wildman–Crippen MR) is 109 cm³/mol. The maximum absolute atomic E-state index is 7.88. The monoisotopic (exact) mass is 365 g/mol. The van der Waals surface area contributed by atoms with Gasteiger partial charge in [0.25, 0.3) is 0 Å². The topological polar surface area (TPSA) is 72.0 Å². The fourth-order valence-electron chi connectivity index (χ4n) is 3.51. The summed E-state index contributed by atoms with van der Waals surface area (Å²) in [6, 6.07) is 12.3. The first-order valence-electron chi connectivity index (χ1n) is 9.03. The van der Waals surface area contributed by atoms with E-state index in [1.807, 2.05) is 18.2 Å². The Balaban J connectivity index is 1.63. The van der Waals surface area contributed by atoms with Crippen molar-refractivity contribution in [1.29, 1.82) is 5.41 Å². The summed E-state index contributed by atoms with van der Waals surface area (Å²) in [4.78, 5) is 7.36. The van der Waals surface area contributed by atoms with Crippen LogP contribution in [0.2, 0.25) is 0 Å². The summed E-state index contributed by atoms with van der Waals surface area (Å²) in [7, 11) is 0. The van der Waals surface area contributed by atoms with Crippen molar-refractivity contribution in [3.05, 3.63) is 46.8 Å². The van der Waals surface area contributed by atoms with Crippen LogP contribution < -0.4 is 5.73 Å². The number of ether oxygens (including phenoxy) is 1. The second-order valence-electron chi connectivity index (χ2n) is 6.99. The molecule has 0 unspecified atom stereocenters. The Kier molecular flexibility index (Phi) is 4.74. The minimum Gasteiger partial charge on any atom is -0.398 e. The summed E-state index contributed by atoms with van der Waals surface area (Å²) in [5, 5.41) is 9.09. The van der Waals surface area contributed by atoms with Gasteiger partial charge in [0, 0.05) is 46.0 Å². The lowest BCUT2D eigenvalue weighted by Crippen LogP contribution is -2.17. The Bertz CT molecular complexity index is 957. The molecule has 0 aliphatic carbocycles. The standard InChI is InChI=1S/C21H23N3OS/c1-13(22)18-12-15(2-4-19(18)23)20-5-3-16-11-17(26-21(16)24-20)10-14-6-8-25-9-7-14/h2-5,11-12,14,22H,6-10,23H2,1H3. The van der Waals surface area contributed by atoms with Gasteiger partial charge in [-0.3, -0.25) is 0 Å². The molecule has 26 heavy (non-hydrogen) atoms. The lowest BCUT2D eigenvalue weighted by Gasteiger charge is -2.21. The summed E-state index contributed by atoms with van der Waals surface area (Å²) in [5.74, 6) is 0.728. The molecule has 0 amide bonds. The number of hydrogen-bond donors (Lipinski definition) is 2. The van der Waals surface area contributed by atoms with Crippen molar-refractivity contribution in [2.45, 2.75) is 26.2 Å². The smallest absolute Gasteiger partial charge is 0.124 e. The van der Waals surface area contributed by atoms with E-state index in [1.165, 1.54) is 10.3 Å². The number of hydrogen-bond acceptors (Lipinski definition) is 5. The van der Waals surface area contributed by atoms with Crippen LogP contribution in [0.25, 0.3) is 21.5 Å². The number of pyridine rings is 1. The van der Waals surface area contributed by atoms with E-state index in [1.54, 1.807) is 18.3 Å². The van der Waals surface area contributed by atoms with Gasteiger partial charge in [0.2, 0.25) is 0 Å². The van der Waals surface area contributed by atoms with Crippen molar-refractivity contribution >= 4 is 33.0 Å². The van der Waals surface area contributed by atoms with Gasteiger partial charge in [-0.05, 0) is 62.4 Å². The molecule has 1 aliphatic heterocycles. The van der Waals surface area contributed by atoms with Gasteiger partial charge in [-0.25, -0.2) is 4.98 Å². The molecule has 0 atom stereocenters. The summed E-state index contributed by atoms with van der Waals surface area (Å²) < 4.78 is 5.46. The molecule has 1 saturated heterocycles. The summed E-state index contributed by atoms with van der Waals surface area (Å²) in [6.07, 6.45) is 3.44. The molecule has 3 aromatic rings. The molecule has 134 valence electrons. The van der Waals surface area contributed by atoms with Crippen LogP contribution in [0.4, 0.5) is 5.69 Å². The normalized spacial score (nSPS) is 15.4. The van der Waals surface area contributed by atoms with Gasteiger partial charge in [0.05, 0.1) is 5.69 Å². The number of nitrogen functional groups attached to an aromatic ring is 1. The van der Waals surface area contributed by atoms with Crippen molar-refractivity contribution in [2.75, 3.05) is 18.9 Å². The SMILES string of the molecule is CC(=N)c1cc(-c2ccc3cc(CC4CCOCC4)sc3n2)ccc1N. The number of aromatic nitrogens is 1. The highest BCUT2D eigenvalue weighted by atomic mass is 32.1. The number of benzene rings is 1. The Morgan fingerprint density at radius 3 is 2.81 bits per heavy atom. The Morgan fingerprint density at radius 1 is 1.23 bits per heavy atom. The molecule has 1 aliphatic rings. The second-order valence-corrected chi connectivity index (χ2v) is 8.11. The highest BCUT2D eigenvalue weighted by Gasteiger charge is 2.16. The molecular formula is C21H23N3OS. The Hall–Kier alpha value is -2.24. The van der Waals surface area contributed by atoms with Crippen LogP contribution in [0, 0.1) is 11.3 Å². The van der Waals surface area contributed by atoms with Gasteiger partial charge in [0.1, 0.15) is 4.83 Å². The van der Waals surface area contributed by atoms with Crippen LogP contribution in [-0.2, 0) is 11.2 Å². The summed E-state index contributed by atoms with van der Waals surface area (Å²) in [6.45, 7) is 3.54. The first-order chi connectivity index (χ1) is 12.6. The second kappa shape index (κ2) is 7.17. The lowest BCUT2D eigenvalue weighted by atomic mass is 9.96. The number of rotatable bonds is 4. The minimum atomic E-state index is 0.472. The zero-order valence-corrected chi connectivity index (χ0v) is 15.7. The minimum absolute atomic E-state index is 0.472. The van der Waals surface area contributed by atoms with E-state index in [4.69, 9.17) is 20.9 Å². The highest BCUT2D eigenvalue weighted by Crippen LogP contribution is 2.31. The average Bonchev–Trinajstić information content (AvgIpc) is 3.04. The molecule has 0 spiro atoms. The molecule has 0 saturated carbocycles. The van der Waals surface area contributed by atoms with Gasteiger partial charge in [-0.2, -0.15) is 0 Å². The van der Waals surface area contributed by atoms with Crippen LogP contribution in [0.15, 0.2) is 36.4 Å². The van der Waals surface area contributed by atoms with Gasteiger partial charge in [0.15, 0.2) is 0 Å². The average molecular weight is 366 g/mol. The van der Waals surface area contributed by atoms with Crippen molar-refractivity contribution in [1.82, 2.24) is 4.98 Å². The van der Waals surface area contributed by atoms with E-state index in [-0.39, 0.29) is 0 Å². The molecule has 2 aromatic heterocycles. The molecule has 0 radical (unpaired) electrons. The van der Waals surface area contributed by atoms with E-state index in [0.29, 0.717) is 11.4 Å². The fraction of sp³-hybridized carbons (Fsp3) is 0.333. The van der Waals surface area contributed by atoms with E-state index < -0.39 is 0 Å². The Labute approximate surface area is 157 Å². The van der Waals surface area contributed by atoms with Gasteiger partial charge < -0.3 is 15.9 Å². The zero-order valence-electron chi connectivity index (χ0n) is 14.9. The Morgan fingerprint density at radius 2 is 2.04 bits per heavy atom. The molecule has 3 heterocycles. The highest BCUT2D eigenvalue weighted by molar-refractivity contribution is 7.18. The molecular weight excluding hydrogens is 342 g/mol. The van der Waals surface area contributed by atoms with Crippen LogP contribution in [0.3, 0.4) is 0 Å². The van der Waals surface area contributed by atoms with Crippen molar-refractivity contribution in [2.24, 2.45) is 5.92 Å². The van der Waals surface area contributed by atoms with Crippen molar-refractivity contribution in [3.63, 3.8) is 0 Å². The van der Waals surface area contributed by atoms with Crippen molar-refractivity contribution < 1.29 is 4.74 Å². The fourth-order valence-corrected chi connectivity index (χ4v) is 4.65. The quantitative estimate of drug-likeness (QED) is 0.510. The number of thiophene rings is 1. The van der Waals surface area contributed by atoms with E-state index in [0.717, 1.165) is 60.0 Å². The summed E-state index contributed by atoms with van der Waals surface area (Å²) >= 11 is 1.79. The third kappa shape index (κ3) is 3.50. The first kappa shape index (κ1) is 17.2. The maximum Gasteiger partial charge on any atom is 0.124 e. The van der Waals surface area contributed by atoms with Crippen molar-refractivity contribution in [3.8, 4) is 11.3 Å². The molecule has 4 nitrogen and oxygen atoms in total. The molecule has 4 rings (SSSR count). The lowest BCUT2D eigenvalue weighted by molar-refractivity contribution is 0.0667. The molecule has 1 fully saturated rings. The predicted octanol–water partition coefficient (Wildman–Crippen LogP) is 4.90. The van der Waals surface area contributed by atoms with Crippen LogP contribution in [0.5, 0.6) is 0 Å². The van der Waals surface area contributed by atoms with E-state index in [9.17, 15) is 0 Å². The summed E-state index contributed by atoms with van der Waals surface area (Å²) in [5.41, 5.74) is 9.80. The van der Waals surface area contributed by atoms with Gasteiger partial charge >= 0.3 is 0 Å². The maximum atomic E-state index is 7.88. The molecule has 0 bridgehead atoms. The van der Waals surface area contributed by atoms with Crippen LogP contribution in [-0.4, -0.2) is 23.9 Å². The van der Waals surface area contributed by atoms with Crippen LogP contribution >= 0.6 is 11.3 Å². The first-order valence-corrected chi connectivity index (χ1v) is 9.84. The number of anilines is 1. The van der Waals surface area contributed by atoms with Gasteiger partial charge in [-0.1, -0.05) is 6.07 Å². The van der Waals surface area contributed by atoms with E-state index in [2.05, 4.69) is 18.2 Å². The molecule has 3 N–H and O–H groups in total. The molecule has 5 heteroatoms. The van der Waals surface area contributed by atoms with E-state index >= 15 is 0 Å². The number of nitrogens with one attached hydrogen (secondary N) is 1. The third-order valence-corrected chi connectivity index (χ3v) is 6.08. The molecule has 1 aromatic carbocycles. The third-order valence-electron chi connectivity index (χ3n) is 5.02. The number of nitrogens with zero attached hydrogens (tertiary/aromatic N) is 1. The number of fused-ring (bicyclic) bond motifs is 1. The van der Waals surface area contributed by atoms with Gasteiger partial charge in [-0.15, -0.1) is 11.3 Å². The zero-order chi connectivity index (χ0) is 18.1. The van der Waals surface area contributed by atoms with Crippen LogP contribution in [0.1, 0.15) is 30.2 Å². The largest absolute Gasteiger partial charge is 0.398 e.